The molecule has 4 N–H and O–H groups in total. The predicted octanol–water partition coefficient (Wildman–Crippen LogP) is 2.90. The van der Waals surface area contributed by atoms with E-state index in [1.54, 1.807) is 0 Å². The van der Waals surface area contributed by atoms with Gasteiger partial charge in [-0.05, 0) is 18.2 Å². The number of aromatic carboxylic acids is 1. The van der Waals surface area contributed by atoms with Gasteiger partial charge in [0, 0.05) is 0 Å². The van der Waals surface area contributed by atoms with E-state index in [0.29, 0.717) is 0 Å². The second-order valence-corrected chi connectivity index (χ2v) is 4.10. The van der Waals surface area contributed by atoms with E-state index in [1.807, 2.05) is 0 Å². The molecule has 5 nitrogen and oxygen atoms in total. The highest BCUT2D eigenvalue weighted by atomic mass is 35.5. The molecule has 0 atom stereocenters. The number of nitrogen functional groups attached to an aromatic ring is 1. The summed E-state index contributed by atoms with van der Waals surface area (Å²) in [5.74, 6) is -1.87. The van der Waals surface area contributed by atoms with Crippen LogP contribution in [-0.2, 0) is 0 Å². The number of hydrogen-bond donors (Lipinski definition) is 3. The number of nitrogens with one attached hydrogen (secondary N) is 1. The van der Waals surface area contributed by atoms with Gasteiger partial charge in [-0.3, -0.25) is 0 Å². The minimum atomic E-state index is -1.23. The molecule has 0 fully saturated rings. The quantitative estimate of drug-likeness (QED) is 0.805. The first-order chi connectivity index (χ1) is 8.99. The van der Waals surface area contributed by atoms with Gasteiger partial charge in [0.2, 0.25) is 0 Å². The van der Waals surface area contributed by atoms with Gasteiger partial charge in [-0.15, -0.1) is 0 Å². The summed E-state index contributed by atoms with van der Waals surface area (Å²) in [6, 6.07) is 5.35. The van der Waals surface area contributed by atoms with Crippen LogP contribution in [0.2, 0.25) is 5.02 Å². The molecule has 0 aliphatic rings. The summed E-state index contributed by atoms with van der Waals surface area (Å²) >= 11 is 5.84. The molecule has 1 aromatic heterocycles. The molecule has 2 rings (SSSR count). The molecule has 1 heterocycles. The highest BCUT2D eigenvalue weighted by Crippen LogP contribution is 2.29. The lowest BCUT2D eigenvalue weighted by Crippen LogP contribution is -2.07. The average molecular weight is 282 g/mol. The van der Waals surface area contributed by atoms with Crippen LogP contribution in [0.1, 0.15) is 10.4 Å². The minimum absolute atomic E-state index is 0.0336. The number of halogens is 2. The first kappa shape index (κ1) is 13.1. The first-order valence-corrected chi connectivity index (χ1v) is 5.56. The molecule has 0 bridgehead atoms. The lowest BCUT2D eigenvalue weighted by Gasteiger charge is -2.11. The number of carbonyl (C=O) groups is 1. The molecule has 0 saturated heterocycles. The van der Waals surface area contributed by atoms with Crippen molar-refractivity contribution in [2.24, 2.45) is 0 Å². The lowest BCUT2D eigenvalue weighted by atomic mass is 10.2. The maximum Gasteiger partial charge on any atom is 0.339 e. The Balaban J connectivity index is 2.47. The maximum atomic E-state index is 13.6. The number of carboxylic acid groups (broad SMARTS) is 1. The molecule has 0 unspecified atom stereocenters. The van der Waals surface area contributed by atoms with Crippen molar-refractivity contribution in [3.63, 3.8) is 0 Å². The number of nitrogens with zero attached hydrogens (tertiary/aromatic N) is 1. The third-order valence-electron chi connectivity index (χ3n) is 2.35. The number of pyridine rings is 1. The standard InChI is InChI=1S/C12H9ClFN3O2/c13-8-2-1-3-9(14)10(8)17-11-7(12(18)19)4-6(15)5-16-11/h1-5H,15H2,(H,16,17)(H,18,19). The number of rotatable bonds is 3. The van der Waals surface area contributed by atoms with Crippen molar-refractivity contribution in [1.82, 2.24) is 4.98 Å². The monoisotopic (exact) mass is 281 g/mol. The SMILES string of the molecule is Nc1cnc(Nc2c(F)cccc2Cl)c(C(=O)O)c1. The van der Waals surface area contributed by atoms with Crippen LogP contribution in [0.25, 0.3) is 0 Å². The fourth-order valence-corrected chi connectivity index (χ4v) is 1.69. The van der Waals surface area contributed by atoms with Crippen molar-refractivity contribution in [1.29, 1.82) is 0 Å². The summed E-state index contributed by atoms with van der Waals surface area (Å²) in [6.45, 7) is 0. The Morgan fingerprint density at radius 1 is 1.47 bits per heavy atom. The highest BCUT2D eigenvalue weighted by molar-refractivity contribution is 6.33. The number of anilines is 3. The van der Waals surface area contributed by atoms with Gasteiger partial charge in [0.15, 0.2) is 0 Å². The molecule has 0 saturated carbocycles. The van der Waals surface area contributed by atoms with E-state index in [-0.39, 0.29) is 27.8 Å². The topological polar surface area (TPSA) is 88.2 Å². The van der Waals surface area contributed by atoms with Crippen molar-refractivity contribution in [3.8, 4) is 0 Å². The van der Waals surface area contributed by atoms with E-state index in [4.69, 9.17) is 22.4 Å². The molecular weight excluding hydrogens is 273 g/mol. The van der Waals surface area contributed by atoms with Crippen molar-refractivity contribution in [2.45, 2.75) is 0 Å². The maximum absolute atomic E-state index is 13.6. The Hall–Kier alpha value is -2.34. The van der Waals surface area contributed by atoms with Crippen LogP contribution >= 0.6 is 11.6 Å². The molecule has 0 radical (unpaired) electrons. The number of para-hydroxylation sites is 1. The Morgan fingerprint density at radius 3 is 2.84 bits per heavy atom. The van der Waals surface area contributed by atoms with Gasteiger partial charge in [0.05, 0.1) is 22.6 Å². The summed E-state index contributed by atoms with van der Waals surface area (Å²) < 4.78 is 13.6. The molecule has 0 spiro atoms. The molecule has 2 aromatic rings. The van der Waals surface area contributed by atoms with Gasteiger partial charge in [0.1, 0.15) is 17.2 Å². The third kappa shape index (κ3) is 2.74. The zero-order chi connectivity index (χ0) is 14.0. The molecule has 7 heteroatoms. The van der Waals surface area contributed by atoms with Crippen LogP contribution in [0.3, 0.4) is 0 Å². The van der Waals surface area contributed by atoms with Crippen molar-refractivity contribution < 1.29 is 14.3 Å². The smallest absolute Gasteiger partial charge is 0.339 e. The Kier molecular flexibility index (Phi) is 3.52. The van der Waals surface area contributed by atoms with Crippen LogP contribution in [0.5, 0.6) is 0 Å². The van der Waals surface area contributed by atoms with E-state index in [1.165, 1.54) is 30.5 Å². The largest absolute Gasteiger partial charge is 0.478 e. The molecule has 98 valence electrons. The normalized spacial score (nSPS) is 10.2. The van der Waals surface area contributed by atoms with Crippen molar-refractivity contribution >= 4 is 34.8 Å². The minimum Gasteiger partial charge on any atom is -0.478 e. The highest BCUT2D eigenvalue weighted by Gasteiger charge is 2.15. The predicted molar refractivity (Wildman–Crippen MR) is 70.3 cm³/mol. The van der Waals surface area contributed by atoms with Crippen molar-refractivity contribution in [3.05, 3.63) is 46.9 Å². The van der Waals surface area contributed by atoms with Gasteiger partial charge < -0.3 is 16.2 Å². The fraction of sp³-hybridized carbons (Fsp3) is 0. The molecule has 0 amide bonds. The molecule has 19 heavy (non-hydrogen) atoms. The van der Waals surface area contributed by atoms with Crippen molar-refractivity contribution in [2.75, 3.05) is 11.1 Å². The van der Waals surface area contributed by atoms with E-state index in [0.717, 1.165) is 0 Å². The molecular formula is C12H9ClFN3O2. The number of benzene rings is 1. The molecule has 0 aliphatic heterocycles. The summed E-state index contributed by atoms with van der Waals surface area (Å²) in [4.78, 5) is 14.9. The van der Waals surface area contributed by atoms with Crippen LogP contribution < -0.4 is 11.1 Å². The third-order valence-corrected chi connectivity index (χ3v) is 2.66. The summed E-state index contributed by atoms with van der Waals surface area (Å²) in [7, 11) is 0. The summed E-state index contributed by atoms with van der Waals surface area (Å²) in [6.07, 6.45) is 1.27. The van der Waals surface area contributed by atoms with Crippen LogP contribution in [-0.4, -0.2) is 16.1 Å². The molecule has 1 aromatic carbocycles. The van der Waals surface area contributed by atoms with E-state index in [9.17, 15) is 9.18 Å². The Morgan fingerprint density at radius 2 is 2.21 bits per heavy atom. The van der Waals surface area contributed by atoms with E-state index >= 15 is 0 Å². The molecule has 0 aliphatic carbocycles. The second kappa shape index (κ2) is 5.11. The zero-order valence-electron chi connectivity index (χ0n) is 9.52. The average Bonchev–Trinajstić information content (AvgIpc) is 2.35. The van der Waals surface area contributed by atoms with Crippen LogP contribution in [0.15, 0.2) is 30.5 Å². The Bertz CT molecular complexity index is 629. The number of carboxylic acids is 1. The summed E-state index contributed by atoms with van der Waals surface area (Å²) in [5, 5.41) is 11.7. The number of hydrogen-bond acceptors (Lipinski definition) is 4. The van der Waals surface area contributed by atoms with Crippen LogP contribution in [0, 0.1) is 5.82 Å². The Labute approximate surface area is 112 Å². The number of aromatic nitrogens is 1. The van der Waals surface area contributed by atoms with Gasteiger partial charge in [0.25, 0.3) is 0 Å². The van der Waals surface area contributed by atoms with Gasteiger partial charge in [-0.1, -0.05) is 17.7 Å². The van der Waals surface area contributed by atoms with Gasteiger partial charge in [-0.25, -0.2) is 14.2 Å². The van der Waals surface area contributed by atoms with Gasteiger partial charge in [-0.2, -0.15) is 0 Å². The summed E-state index contributed by atoms with van der Waals surface area (Å²) in [5.41, 5.74) is 5.46. The van der Waals surface area contributed by atoms with Crippen LogP contribution in [0.4, 0.5) is 21.6 Å². The second-order valence-electron chi connectivity index (χ2n) is 3.69. The van der Waals surface area contributed by atoms with Gasteiger partial charge >= 0.3 is 5.97 Å². The van der Waals surface area contributed by atoms with E-state index in [2.05, 4.69) is 10.3 Å². The fourth-order valence-electron chi connectivity index (χ4n) is 1.48. The zero-order valence-corrected chi connectivity index (χ0v) is 10.3. The lowest BCUT2D eigenvalue weighted by molar-refractivity contribution is 0.0697. The number of nitrogens with two attached hydrogens (primary N) is 1. The first-order valence-electron chi connectivity index (χ1n) is 5.19. The van der Waals surface area contributed by atoms with E-state index < -0.39 is 11.8 Å².